The van der Waals surface area contributed by atoms with Crippen molar-refractivity contribution in [2.75, 3.05) is 6.54 Å². The van der Waals surface area contributed by atoms with Crippen molar-refractivity contribution in [3.05, 3.63) is 52.7 Å². The molecule has 0 fully saturated rings. The number of carbonyl (C=O) groups excluding carboxylic acids is 1. The Bertz CT molecular complexity index is 609. The molecule has 0 aliphatic carbocycles. The highest BCUT2D eigenvalue weighted by Gasteiger charge is 2.18. The van der Waals surface area contributed by atoms with Crippen LogP contribution in [0.25, 0.3) is 0 Å². The lowest BCUT2D eigenvalue weighted by atomic mass is 10.1. The monoisotopic (exact) mass is 306 g/mol. The molecule has 0 spiro atoms. The van der Waals surface area contributed by atoms with Gasteiger partial charge < -0.3 is 9.32 Å². The minimum atomic E-state index is -0.0694. The predicted octanol–water partition coefficient (Wildman–Crippen LogP) is 4.11. The second kappa shape index (κ2) is 6.76. The topological polar surface area (TPSA) is 46.3 Å². The van der Waals surface area contributed by atoms with Gasteiger partial charge in [-0.15, -0.1) is 0 Å². The van der Waals surface area contributed by atoms with E-state index in [-0.39, 0.29) is 11.8 Å². The molecule has 0 saturated carbocycles. The fourth-order valence-electron chi connectivity index (χ4n) is 2.04. The minimum absolute atomic E-state index is 0.0694. The molecular formula is C16H19ClN2O2. The molecule has 21 heavy (non-hydrogen) atoms. The molecule has 0 aliphatic rings. The fraction of sp³-hybridized carbons (Fsp3) is 0.375. The van der Waals surface area contributed by atoms with Gasteiger partial charge in [-0.3, -0.25) is 4.79 Å². The van der Waals surface area contributed by atoms with Crippen LogP contribution in [-0.4, -0.2) is 22.3 Å². The van der Waals surface area contributed by atoms with Gasteiger partial charge in [0, 0.05) is 17.8 Å². The van der Waals surface area contributed by atoms with E-state index in [0.29, 0.717) is 23.8 Å². The predicted molar refractivity (Wildman–Crippen MR) is 82.5 cm³/mol. The third-order valence-corrected chi connectivity index (χ3v) is 3.44. The van der Waals surface area contributed by atoms with E-state index in [1.807, 2.05) is 39.0 Å². The highest BCUT2D eigenvalue weighted by Crippen LogP contribution is 2.19. The Morgan fingerprint density at radius 2 is 2.19 bits per heavy atom. The van der Waals surface area contributed by atoms with Gasteiger partial charge in [0.15, 0.2) is 0 Å². The molecule has 0 saturated heterocycles. The lowest BCUT2D eigenvalue weighted by Crippen LogP contribution is -2.30. The summed E-state index contributed by atoms with van der Waals surface area (Å²) in [6, 6.07) is 7.09. The zero-order chi connectivity index (χ0) is 15.4. The number of hydrogen-bond donors (Lipinski definition) is 0. The van der Waals surface area contributed by atoms with Crippen LogP contribution in [-0.2, 0) is 6.54 Å². The first-order valence-corrected chi connectivity index (χ1v) is 7.38. The first-order chi connectivity index (χ1) is 10.0. The van der Waals surface area contributed by atoms with E-state index >= 15 is 0 Å². The van der Waals surface area contributed by atoms with Gasteiger partial charge >= 0.3 is 0 Å². The summed E-state index contributed by atoms with van der Waals surface area (Å²) in [4.78, 5) is 18.6. The summed E-state index contributed by atoms with van der Waals surface area (Å²) in [7, 11) is 0. The van der Waals surface area contributed by atoms with E-state index in [0.717, 1.165) is 11.5 Å². The lowest BCUT2D eigenvalue weighted by molar-refractivity contribution is 0.0741. The molecule has 5 heteroatoms. The van der Waals surface area contributed by atoms with Crippen LogP contribution < -0.4 is 0 Å². The van der Waals surface area contributed by atoms with Crippen molar-refractivity contribution >= 4 is 17.5 Å². The number of nitrogens with zero attached hydrogens (tertiary/aromatic N) is 2. The van der Waals surface area contributed by atoms with Crippen LogP contribution in [0.4, 0.5) is 0 Å². The lowest BCUT2D eigenvalue weighted by Gasteiger charge is -2.20. The molecule has 0 aromatic carbocycles. The molecule has 0 atom stereocenters. The maximum Gasteiger partial charge on any atom is 0.254 e. The van der Waals surface area contributed by atoms with Gasteiger partial charge in [-0.2, -0.15) is 0 Å². The Labute approximate surface area is 129 Å². The van der Waals surface area contributed by atoms with Gasteiger partial charge in [-0.05, 0) is 37.1 Å². The van der Waals surface area contributed by atoms with E-state index in [2.05, 4.69) is 4.98 Å². The normalized spacial score (nSPS) is 10.9. The van der Waals surface area contributed by atoms with Crippen LogP contribution in [0, 0.1) is 0 Å². The average Bonchev–Trinajstić information content (AvgIpc) is 2.96. The van der Waals surface area contributed by atoms with Gasteiger partial charge in [0.2, 0.25) is 0 Å². The van der Waals surface area contributed by atoms with E-state index in [4.69, 9.17) is 16.0 Å². The molecule has 112 valence electrons. The Morgan fingerprint density at radius 3 is 2.76 bits per heavy atom. The van der Waals surface area contributed by atoms with E-state index in [1.54, 1.807) is 17.2 Å². The van der Waals surface area contributed by atoms with Crippen molar-refractivity contribution < 1.29 is 9.21 Å². The van der Waals surface area contributed by atoms with E-state index in [1.165, 1.54) is 0 Å². The van der Waals surface area contributed by atoms with Crippen molar-refractivity contribution in [1.29, 1.82) is 0 Å². The highest BCUT2D eigenvalue weighted by atomic mass is 35.5. The Morgan fingerprint density at radius 1 is 1.43 bits per heavy atom. The third-order valence-electron chi connectivity index (χ3n) is 3.25. The van der Waals surface area contributed by atoms with Crippen LogP contribution in [0.5, 0.6) is 0 Å². The summed E-state index contributed by atoms with van der Waals surface area (Å²) in [6.45, 7) is 7.02. The molecule has 2 aromatic heterocycles. The SMILES string of the molecule is CCN(Cc1ccco1)C(=O)c1cc(Cl)nc(C(C)C)c1. The molecule has 0 radical (unpaired) electrons. The summed E-state index contributed by atoms with van der Waals surface area (Å²) < 4.78 is 5.31. The highest BCUT2D eigenvalue weighted by molar-refractivity contribution is 6.29. The zero-order valence-electron chi connectivity index (χ0n) is 12.5. The molecule has 2 aromatic rings. The molecule has 4 nitrogen and oxygen atoms in total. The zero-order valence-corrected chi connectivity index (χ0v) is 13.2. The van der Waals surface area contributed by atoms with Crippen molar-refractivity contribution in [3.8, 4) is 0 Å². The van der Waals surface area contributed by atoms with E-state index < -0.39 is 0 Å². The molecule has 2 heterocycles. The van der Waals surface area contributed by atoms with Crippen molar-refractivity contribution in [3.63, 3.8) is 0 Å². The summed E-state index contributed by atoms with van der Waals surface area (Å²) in [5.41, 5.74) is 1.38. The first-order valence-electron chi connectivity index (χ1n) is 7.00. The average molecular weight is 307 g/mol. The summed E-state index contributed by atoms with van der Waals surface area (Å²) in [5, 5.41) is 0.346. The van der Waals surface area contributed by atoms with Crippen LogP contribution in [0.2, 0.25) is 5.15 Å². The van der Waals surface area contributed by atoms with Crippen LogP contribution in [0.3, 0.4) is 0 Å². The minimum Gasteiger partial charge on any atom is -0.467 e. The maximum atomic E-state index is 12.6. The smallest absolute Gasteiger partial charge is 0.254 e. The second-order valence-corrected chi connectivity index (χ2v) is 5.54. The van der Waals surface area contributed by atoms with Gasteiger partial charge in [0.05, 0.1) is 12.8 Å². The molecule has 0 unspecified atom stereocenters. The van der Waals surface area contributed by atoms with Gasteiger partial charge in [-0.1, -0.05) is 25.4 Å². The van der Waals surface area contributed by atoms with Gasteiger partial charge in [-0.25, -0.2) is 4.98 Å². The number of amides is 1. The van der Waals surface area contributed by atoms with Gasteiger partial charge in [0.1, 0.15) is 10.9 Å². The van der Waals surface area contributed by atoms with Crippen LogP contribution >= 0.6 is 11.6 Å². The Balaban J connectivity index is 2.24. The van der Waals surface area contributed by atoms with Crippen LogP contribution in [0.15, 0.2) is 34.9 Å². The molecule has 1 amide bonds. The molecule has 0 bridgehead atoms. The van der Waals surface area contributed by atoms with Crippen molar-refractivity contribution in [2.24, 2.45) is 0 Å². The number of furan rings is 1. The second-order valence-electron chi connectivity index (χ2n) is 5.16. The van der Waals surface area contributed by atoms with Gasteiger partial charge in [0.25, 0.3) is 5.91 Å². The maximum absolute atomic E-state index is 12.6. The number of aromatic nitrogens is 1. The standard InChI is InChI=1S/C16H19ClN2O2/c1-4-19(10-13-6-5-7-21-13)16(20)12-8-14(11(2)3)18-15(17)9-12/h5-9,11H,4,10H2,1-3H3. The summed E-state index contributed by atoms with van der Waals surface area (Å²) in [6.07, 6.45) is 1.60. The van der Waals surface area contributed by atoms with Crippen molar-refractivity contribution in [1.82, 2.24) is 9.88 Å². The number of pyridine rings is 1. The molecule has 0 N–H and O–H groups in total. The number of carbonyl (C=O) groups is 1. The fourth-order valence-corrected chi connectivity index (χ4v) is 2.25. The number of hydrogen-bond acceptors (Lipinski definition) is 3. The Hall–Kier alpha value is -1.81. The molecule has 0 aliphatic heterocycles. The number of rotatable bonds is 5. The molecular weight excluding hydrogens is 288 g/mol. The summed E-state index contributed by atoms with van der Waals surface area (Å²) in [5.74, 6) is 0.907. The number of halogens is 1. The molecule has 2 rings (SSSR count). The van der Waals surface area contributed by atoms with Crippen LogP contribution in [0.1, 0.15) is 48.5 Å². The van der Waals surface area contributed by atoms with Crippen molar-refractivity contribution in [2.45, 2.75) is 33.2 Å². The Kier molecular flexibility index (Phi) is 5.02. The first kappa shape index (κ1) is 15.6. The van der Waals surface area contributed by atoms with E-state index in [9.17, 15) is 4.79 Å². The largest absolute Gasteiger partial charge is 0.467 e. The third kappa shape index (κ3) is 3.85. The summed E-state index contributed by atoms with van der Waals surface area (Å²) >= 11 is 6.03. The quantitative estimate of drug-likeness (QED) is 0.781.